The van der Waals surface area contributed by atoms with Crippen molar-refractivity contribution in [2.45, 2.75) is 44.8 Å². The number of likely N-dealkylation sites (tertiary alicyclic amines) is 1. The van der Waals surface area contributed by atoms with E-state index in [-0.39, 0.29) is 12.5 Å². The van der Waals surface area contributed by atoms with Gasteiger partial charge in [-0.05, 0) is 61.2 Å². The Morgan fingerprint density at radius 2 is 2.04 bits per heavy atom. The molecule has 122 valence electrons. The predicted octanol–water partition coefficient (Wildman–Crippen LogP) is 3.87. The van der Waals surface area contributed by atoms with Crippen LogP contribution < -0.4 is 0 Å². The monoisotopic (exact) mass is 329 g/mol. The lowest BCUT2D eigenvalue weighted by atomic mass is 9.96. The van der Waals surface area contributed by atoms with Crippen LogP contribution in [0.4, 0.5) is 0 Å². The fourth-order valence-corrected chi connectivity index (χ4v) is 3.98. The van der Waals surface area contributed by atoms with Gasteiger partial charge in [0.25, 0.3) is 5.91 Å². The number of benzene rings is 1. The Labute approximate surface area is 141 Å². The van der Waals surface area contributed by atoms with Crippen molar-refractivity contribution in [2.24, 2.45) is 0 Å². The van der Waals surface area contributed by atoms with E-state index in [0.717, 1.165) is 43.4 Å². The van der Waals surface area contributed by atoms with Crippen molar-refractivity contribution < 1.29 is 9.90 Å². The molecule has 3 rings (SSSR count). The normalized spacial score (nSPS) is 18.1. The van der Waals surface area contributed by atoms with Gasteiger partial charge in [0.05, 0.1) is 6.61 Å². The highest BCUT2D eigenvalue weighted by molar-refractivity contribution is 7.09. The SMILES string of the molecule is O=C(c1ccc(CO)cc1)N1CCCCC1CCc1cccs1. The van der Waals surface area contributed by atoms with Crippen molar-refractivity contribution in [3.05, 3.63) is 57.8 Å². The minimum atomic E-state index is 0.0155. The molecule has 1 aromatic heterocycles. The molecule has 1 saturated heterocycles. The molecule has 1 aliphatic heterocycles. The molecule has 1 atom stereocenters. The summed E-state index contributed by atoms with van der Waals surface area (Å²) in [6.07, 6.45) is 5.50. The summed E-state index contributed by atoms with van der Waals surface area (Å²) in [7, 11) is 0. The van der Waals surface area contributed by atoms with Gasteiger partial charge in [0.1, 0.15) is 0 Å². The van der Waals surface area contributed by atoms with Crippen molar-refractivity contribution in [1.82, 2.24) is 4.90 Å². The molecule has 0 saturated carbocycles. The number of nitrogens with zero attached hydrogens (tertiary/aromatic N) is 1. The smallest absolute Gasteiger partial charge is 0.254 e. The molecule has 1 fully saturated rings. The van der Waals surface area contributed by atoms with Gasteiger partial charge in [-0.15, -0.1) is 11.3 Å². The highest BCUT2D eigenvalue weighted by Gasteiger charge is 2.27. The number of carbonyl (C=O) groups is 1. The van der Waals surface area contributed by atoms with Gasteiger partial charge in [-0.25, -0.2) is 0 Å². The number of carbonyl (C=O) groups excluding carboxylic acids is 1. The van der Waals surface area contributed by atoms with Gasteiger partial charge in [0, 0.05) is 23.0 Å². The van der Waals surface area contributed by atoms with Crippen LogP contribution in [-0.4, -0.2) is 28.5 Å². The average molecular weight is 329 g/mol. The zero-order valence-corrected chi connectivity index (χ0v) is 14.1. The van der Waals surface area contributed by atoms with Crippen LogP contribution in [-0.2, 0) is 13.0 Å². The second-order valence-corrected chi connectivity index (χ2v) is 7.15. The van der Waals surface area contributed by atoms with Crippen LogP contribution in [0.5, 0.6) is 0 Å². The topological polar surface area (TPSA) is 40.5 Å². The van der Waals surface area contributed by atoms with Crippen molar-refractivity contribution in [3.8, 4) is 0 Å². The lowest BCUT2D eigenvalue weighted by Crippen LogP contribution is -2.44. The fraction of sp³-hybridized carbons (Fsp3) is 0.421. The van der Waals surface area contributed by atoms with Gasteiger partial charge >= 0.3 is 0 Å². The van der Waals surface area contributed by atoms with Crippen LogP contribution in [0.1, 0.15) is 46.5 Å². The Morgan fingerprint density at radius 1 is 1.22 bits per heavy atom. The molecule has 2 heterocycles. The summed E-state index contributed by atoms with van der Waals surface area (Å²) >= 11 is 1.79. The van der Waals surface area contributed by atoms with Gasteiger partial charge < -0.3 is 10.0 Å². The van der Waals surface area contributed by atoms with Crippen LogP contribution in [0.2, 0.25) is 0 Å². The largest absolute Gasteiger partial charge is 0.392 e. The number of aliphatic hydroxyl groups is 1. The number of piperidine rings is 1. The lowest BCUT2D eigenvalue weighted by Gasteiger charge is -2.36. The molecule has 1 unspecified atom stereocenters. The second kappa shape index (κ2) is 7.75. The van der Waals surface area contributed by atoms with Gasteiger partial charge in [0.2, 0.25) is 0 Å². The highest BCUT2D eigenvalue weighted by atomic mass is 32.1. The summed E-state index contributed by atoms with van der Waals surface area (Å²) < 4.78 is 0. The summed E-state index contributed by atoms with van der Waals surface area (Å²) in [5, 5.41) is 11.2. The Morgan fingerprint density at radius 3 is 2.74 bits per heavy atom. The number of aliphatic hydroxyl groups excluding tert-OH is 1. The maximum atomic E-state index is 12.8. The molecule has 0 bridgehead atoms. The molecule has 23 heavy (non-hydrogen) atoms. The van der Waals surface area contributed by atoms with Gasteiger partial charge in [-0.1, -0.05) is 18.2 Å². The molecule has 0 radical (unpaired) electrons. The van der Waals surface area contributed by atoms with E-state index >= 15 is 0 Å². The number of hydrogen-bond acceptors (Lipinski definition) is 3. The van der Waals surface area contributed by atoms with Crippen LogP contribution in [0.3, 0.4) is 0 Å². The minimum Gasteiger partial charge on any atom is -0.392 e. The standard InChI is InChI=1S/C19H23NO2S/c21-14-15-6-8-16(9-7-15)19(22)20-12-2-1-4-17(20)10-11-18-5-3-13-23-18/h3,5-9,13,17,21H,1-2,4,10-12,14H2. The molecule has 1 aliphatic rings. The van der Waals surface area contributed by atoms with E-state index < -0.39 is 0 Å². The Balaban J connectivity index is 1.67. The Hall–Kier alpha value is -1.65. The number of rotatable bonds is 5. The van der Waals surface area contributed by atoms with Crippen molar-refractivity contribution in [2.75, 3.05) is 6.54 Å². The molecule has 1 amide bonds. The van der Waals surface area contributed by atoms with Gasteiger partial charge in [-0.2, -0.15) is 0 Å². The van der Waals surface area contributed by atoms with E-state index in [0.29, 0.717) is 6.04 Å². The number of thiophene rings is 1. The number of amides is 1. The molecule has 2 aromatic rings. The molecule has 0 spiro atoms. The van der Waals surface area contributed by atoms with Gasteiger partial charge in [-0.3, -0.25) is 4.79 Å². The molecule has 3 nitrogen and oxygen atoms in total. The summed E-state index contributed by atoms with van der Waals surface area (Å²) in [6.45, 7) is 0.872. The Bertz CT molecular complexity index is 621. The zero-order valence-electron chi connectivity index (χ0n) is 13.3. The van der Waals surface area contributed by atoms with E-state index in [1.165, 1.54) is 11.3 Å². The van der Waals surface area contributed by atoms with E-state index in [9.17, 15) is 4.79 Å². The summed E-state index contributed by atoms with van der Waals surface area (Å²) in [5.74, 6) is 0.130. The maximum Gasteiger partial charge on any atom is 0.254 e. The molecule has 1 aromatic carbocycles. The lowest BCUT2D eigenvalue weighted by molar-refractivity contribution is 0.0602. The first kappa shape index (κ1) is 16.2. The van der Waals surface area contributed by atoms with E-state index in [1.807, 2.05) is 24.3 Å². The van der Waals surface area contributed by atoms with Crippen molar-refractivity contribution in [3.63, 3.8) is 0 Å². The second-order valence-electron chi connectivity index (χ2n) is 6.12. The fourth-order valence-electron chi connectivity index (χ4n) is 3.25. The van der Waals surface area contributed by atoms with Gasteiger partial charge in [0.15, 0.2) is 0 Å². The van der Waals surface area contributed by atoms with Crippen LogP contribution in [0.15, 0.2) is 41.8 Å². The highest BCUT2D eigenvalue weighted by Crippen LogP contribution is 2.24. The molecule has 4 heteroatoms. The predicted molar refractivity (Wildman–Crippen MR) is 93.7 cm³/mol. The van der Waals surface area contributed by atoms with E-state index in [4.69, 9.17) is 5.11 Å². The summed E-state index contributed by atoms with van der Waals surface area (Å²) in [4.78, 5) is 16.3. The summed E-state index contributed by atoms with van der Waals surface area (Å²) in [5.41, 5.74) is 1.57. The number of aryl methyl sites for hydroxylation is 1. The van der Waals surface area contributed by atoms with Crippen molar-refractivity contribution in [1.29, 1.82) is 0 Å². The average Bonchev–Trinajstić information content (AvgIpc) is 3.13. The first-order chi connectivity index (χ1) is 11.3. The quantitative estimate of drug-likeness (QED) is 0.904. The molecular formula is C19H23NO2S. The molecule has 0 aliphatic carbocycles. The van der Waals surface area contributed by atoms with E-state index in [2.05, 4.69) is 22.4 Å². The minimum absolute atomic E-state index is 0.0155. The van der Waals surface area contributed by atoms with E-state index in [1.54, 1.807) is 11.3 Å². The maximum absolute atomic E-state index is 12.8. The van der Waals surface area contributed by atoms with Crippen LogP contribution in [0, 0.1) is 0 Å². The van der Waals surface area contributed by atoms with Crippen LogP contribution >= 0.6 is 11.3 Å². The zero-order chi connectivity index (χ0) is 16.1. The molecular weight excluding hydrogens is 306 g/mol. The third-order valence-electron chi connectivity index (χ3n) is 4.58. The van der Waals surface area contributed by atoms with Crippen LogP contribution in [0.25, 0.3) is 0 Å². The first-order valence-electron chi connectivity index (χ1n) is 8.31. The summed E-state index contributed by atoms with van der Waals surface area (Å²) in [6, 6.07) is 11.9. The first-order valence-corrected chi connectivity index (χ1v) is 9.19. The third-order valence-corrected chi connectivity index (χ3v) is 5.51. The Kier molecular flexibility index (Phi) is 5.47. The molecule has 1 N–H and O–H groups in total. The third kappa shape index (κ3) is 4.01. The number of hydrogen-bond donors (Lipinski definition) is 1. The van der Waals surface area contributed by atoms with Crippen molar-refractivity contribution >= 4 is 17.2 Å².